The minimum atomic E-state index is -4.64. The summed E-state index contributed by atoms with van der Waals surface area (Å²) in [7, 11) is 0. The Labute approximate surface area is 153 Å². The van der Waals surface area contributed by atoms with Crippen molar-refractivity contribution in [1.29, 1.82) is 0 Å². The number of pyridine rings is 1. The Bertz CT molecular complexity index is 634. The first-order valence-corrected chi connectivity index (χ1v) is 8.30. The first-order chi connectivity index (χ1) is 11.9. The molecule has 1 amide bonds. The van der Waals surface area contributed by atoms with E-state index in [-0.39, 0.29) is 17.3 Å². The van der Waals surface area contributed by atoms with E-state index >= 15 is 0 Å². The maximum atomic E-state index is 14.2. The van der Waals surface area contributed by atoms with Gasteiger partial charge in [0.15, 0.2) is 0 Å². The second-order valence-corrected chi connectivity index (χ2v) is 7.47. The average molecular weight is 398 g/mol. The molecule has 0 spiro atoms. The van der Waals surface area contributed by atoms with E-state index in [2.05, 4.69) is 10.3 Å². The molecule has 1 aliphatic heterocycles. The summed E-state index contributed by atoms with van der Waals surface area (Å²) in [6, 6.07) is -0.698. The van der Waals surface area contributed by atoms with Gasteiger partial charge in [-0.05, 0) is 32.4 Å². The van der Waals surface area contributed by atoms with E-state index in [1.165, 1.54) is 12.1 Å². The molecule has 1 fully saturated rings. The van der Waals surface area contributed by atoms with Gasteiger partial charge in [-0.3, -0.25) is 4.90 Å². The number of alkyl carbamates (subject to hydrolysis) is 1. The molecule has 0 aliphatic carbocycles. The van der Waals surface area contributed by atoms with Crippen molar-refractivity contribution in [2.45, 2.75) is 50.8 Å². The van der Waals surface area contributed by atoms with Gasteiger partial charge in [0.2, 0.25) is 0 Å². The van der Waals surface area contributed by atoms with Gasteiger partial charge in [-0.1, -0.05) is 17.7 Å². The summed E-state index contributed by atoms with van der Waals surface area (Å²) in [6.45, 7) is 4.11. The van der Waals surface area contributed by atoms with E-state index in [0.29, 0.717) is 0 Å². The first kappa shape index (κ1) is 20.7. The topological polar surface area (TPSA) is 54.5 Å². The average Bonchev–Trinajstić information content (AvgIpc) is 2.78. The summed E-state index contributed by atoms with van der Waals surface area (Å²) < 4.78 is 60.0. The monoisotopic (exact) mass is 397 g/mol. The van der Waals surface area contributed by atoms with Crippen LogP contribution < -0.4 is 5.32 Å². The maximum absolute atomic E-state index is 14.2. The number of rotatable bonds is 3. The van der Waals surface area contributed by atoms with E-state index < -0.39 is 42.7 Å². The van der Waals surface area contributed by atoms with Crippen LogP contribution in [0.4, 0.5) is 22.4 Å². The molecule has 1 aromatic heterocycles. The number of hydrogen-bond acceptors (Lipinski definition) is 4. The Morgan fingerprint density at radius 2 is 2.00 bits per heavy atom. The molecule has 2 heterocycles. The number of amides is 1. The van der Waals surface area contributed by atoms with Crippen LogP contribution in [0.15, 0.2) is 18.3 Å². The number of aromatic nitrogens is 1. The van der Waals surface area contributed by atoms with Crippen LogP contribution in [0.3, 0.4) is 0 Å². The molecule has 1 unspecified atom stereocenters. The van der Waals surface area contributed by atoms with E-state index in [4.69, 9.17) is 16.3 Å². The van der Waals surface area contributed by atoms with Crippen LogP contribution in [-0.4, -0.2) is 53.1 Å². The standard InChI is InChI=1S/C16H20ClF4N3O2/c1-15(2,3)26-14(25)23-11-8-24(7-10(11)18)13(16(19,20)21)9-4-5-12(17)22-6-9/h4-6,10-11,13H,7-8H2,1-3H3,(H,23,25)/t10?,11-,13-/m1/s1. The van der Waals surface area contributed by atoms with Gasteiger partial charge in [0.25, 0.3) is 0 Å². The third-order valence-corrected chi connectivity index (χ3v) is 3.94. The fourth-order valence-corrected chi connectivity index (χ4v) is 2.87. The molecule has 10 heteroatoms. The second-order valence-electron chi connectivity index (χ2n) is 7.08. The number of carbonyl (C=O) groups is 1. The number of carbonyl (C=O) groups excluding carboxylic acids is 1. The lowest BCUT2D eigenvalue weighted by atomic mass is 10.1. The molecule has 0 aromatic carbocycles. The number of ether oxygens (including phenoxy) is 1. The number of alkyl halides is 4. The van der Waals surface area contributed by atoms with Gasteiger partial charge in [-0.25, -0.2) is 14.2 Å². The van der Waals surface area contributed by atoms with Gasteiger partial charge in [0, 0.05) is 19.3 Å². The quantitative estimate of drug-likeness (QED) is 0.621. The Morgan fingerprint density at radius 3 is 2.50 bits per heavy atom. The van der Waals surface area contributed by atoms with Crippen LogP contribution in [0.25, 0.3) is 0 Å². The van der Waals surface area contributed by atoms with Crippen LogP contribution >= 0.6 is 11.6 Å². The number of likely N-dealkylation sites (tertiary alicyclic amines) is 1. The zero-order valence-corrected chi connectivity index (χ0v) is 15.2. The zero-order chi connectivity index (χ0) is 19.7. The summed E-state index contributed by atoms with van der Waals surface area (Å²) in [5, 5.41) is 2.36. The molecule has 3 atom stereocenters. The largest absolute Gasteiger partial charge is 0.444 e. The first-order valence-electron chi connectivity index (χ1n) is 7.92. The summed E-state index contributed by atoms with van der Waals surface area (Å²) in [4.78, 5) is 16.4. The lowest BCUT2D eigenvalue weighted by Crippen LogP contribution is -2.44. The number of nitrogens with one attached hydrogen (secondary N) is 1. The van der Waals surface area contributed by atoms with Crippen molar-refractivity contribution < 1.29 is 27.1 Å². The third kappa shape index (κ3) is 5.44. The van der Waals surface area contributed by atoms with Crippen molar-refractivity contribution in [3.63, 3.8) is 0 Å². The van der Waals surface area contributed by atoms with Gasteiger partial charge in [-0.15, -0.1) is 0 Å². The summed E-state index contributed by atoms with van der Waals surface area (Å²) >= 11 is 5.62. The number of hydrogen-bond donors (Lipinski definition) is 1. The SMILES string of the molecule is CC(C)(C)OC(=O)N[C@@H]1CN([C@H](c2ccc(Cl)nc2)C(F)(F)F)CC1F. The van der Waals surface area contributed by atoms with Crippen LogP contribution in [0, 0.1) is 0 Å². The van der Waals surface area contributed by atoms with Gasteiger partial charge < -0.3 is 10.1 Å². The maximum Gasteiger partial charge on any atom is 0.408 e. The highest BCUT2D eigenvalue weighted by molar-refractivity contribution is 6.29. The fourth-order valence-electron chi connectivity index (χ4n) is 2.75. The molecule has 0 saturated carbocycles. The van der Waals surface area contributed by atoms with Crippen molar-refractivity contribution in [2.75, 3.05) is 13.1 Å². The predicted octanol–water partition coefficient (Wildman–Crippen LogP) is 3.89. The second kappa shape index (κ2) is 7.56. The normalized spacial score (nSPS) is 22.9. The van der Waals surface area contributed by atoms with E-state index in [1.54, 1.807) is 20.8 Å². The van der Waals surface area contributed by atoms with E-state index in [9.17, 15) is 22.4 Å². The number of nitrogens with zero attached hydrogens (tertiary/aromatic N) is 2. The van der Waals surface area contributed by atoms with Gasteiger partial charge in [0.05, 0.1) is 6.04 Å². The highest BCUT2D eigenvalue weighted by atomic mass is 35.5. The fraction of sp³-hybridized carbons (Fsp3) is 0.625. The summed E-state index contributed by atoms with van der Waals surface area (Å²) in [6.07, 6.45) is -6.16. The molecule has 0 radical (unpaired) electrons. The Morgan fingerprint density at radius 1 is 1.35 bits per heavy atom. The molecule has 1 N–H and O–H groups in total. The van der Waals surface area contributed by atoms with E-state index in [1.807, 2.05) is 0 Å². The van der Waals surface area contributed by atoms with Crippen LogP contribution in [0.5, 0.6) is 0 Å². The molecule has 146 valence electrons. The van der Waals surface area contributed by atoms with Crippen LogP contribution in [0.1, 0.15) is 32.4 Å². The van der Waals surface area contributed by atoms with Crippen molar-refractivity contribution in [2.24, 2.45) is 0 Å². The van der Waals surface area contributed by atoms with Crippen molar-refractivity contribution >= 4 is 17.7 Å². The highest BCUT2D eigenvalue weighted by Crippen LogP contribution is 2.39. The zero-order valence-electron chi connectivity index (χ0n) is 14.5. The molecular weight excluding hydrogens is 378 g/mol. The molecule has 26 heavy (non-hydrogen) atoms. The van der Waals surface area contributed by atoms with Crippen molar-refractivity contribution in [1.82, 2.24) is 15.2 Å². The summed E-state index contributed by atoms with van der Waals surface area (Å²) in [5.41, 5.74) is -0.940. The molecule has 1 aliphatic rings. The van der Waals surface area contributed by atoms with E-state index in [0.717, 1.165) is 11.1 Å². The van der Waals surface area contributed by atoms with Crippen LogP contribution in [-0.2, 0) is 4.74 Å². The molecule has 1 saturated heterocycles. The Balaban J connectivity index is 2.14. The molecule has 2 rings (SSSR count). The molecule has 5 nitrogen and oxygen atoms in total. The van der Waals surface area contributed by atoms with Crippen molar-refractivity contribution in [3.05, 3.63) is 29.0 Å². The molecule has 1 aromatic rings. The summed E-state index contributed by atoms with van der Waals surface area (Å²) in [5.74, 6) is 0. The Kier molecular flexibility index (Phi) is 6.02. The van der Waals surface area contributed by atoms with Crippen molar-refractivity contribution in [3.8, 4) is 0 Å². The van der Waals surface area contributed by atoms with Crippen LogP contribution in [0.2, 0.25) is 5.15 Å². The Hall–Kier alpha value is -1.61. The highest BCUT2D eigenvalue weighted by Gasteiger charge is 2.49. The van der Waals surface area contributed by atoms with Gasteiger partial charge in [-0.2, -0.15) is 13.2 Å². The molecular formula is C16H20ClF4N3O2. The third-order valence-electron chi connectivity index (χ3n) is 3.72. The lowest BCUT2D eigenvalue weighted by molar-refractivity contribution is -0.184. The molecule has 0 bridgehead atoms. The predicted molar refractivity (Wildman–Crippen MR) is 87.7 cm³/mol. The lowest BCUT2D eigenvalue weighted by Gasteiger charge is -2.29. The minimum Gasteiger partial charge on any atom is -0.444 e. The minimum absolute atomic E-state index is 0.0592. The number of halogens is 5. The smallest absolute Gasteiger partial charge is 0.408 e. The van der Waals surface area contributed by atoms with Gasteiger partial charge >= 0.3 is 12.3 Å². The van der Waals surface area contributed by atoms with Gasteiger partial charge in [0.1, 0.15) is 23.0 Å².